The molecule has 4 rings (SSSR count). The molecule has 186 valence electrons. The van der Waals surface area contributed by atoms with Crippen molar-refractivity contribution in [2.75, 3.05) is 13.2 Å². The number of likely N-dealkylation sites (tertiary alicyclic amines) is 1. The van der Waals surface area contributed by atoms with Gasteiger partial charge in [-0.2, -0.15) is 0 Å². The summed E-state index contributed by atoms with van der Waals surface area (Å²) in [6.07, 6.45) is 1.19. The van der Waals surface area contributed by atoms with Crippen molar-refractivity contribution in [2.24, 2.45) is 17.8 Å². The SMILES string of the molecule is CCOC(=O)[C@@H]1[C@H]2C(=O)N([C@@H](CO)Cc3ccccc3)C(C(=O)NC(C)(C)C)C23S[C@@H]1CC3C. The lowest BCUT2D eigenvalue weighted by atomic mass is 9.66. The fourth-order valence-corrected chi connectivity index (χ4v) is 8.63. The summed E-state index contributed by atoms with van der Waals surface area (Å²) in [5.74, 6) is -1.93. The normalized spacial score (nSPS) is 33.1. The molecule has 1 spiro atoms. The van der Waals surface area contributed by atoms with Crippen molar-refractivity contribution in [3.8, 4) is 0 Å². The van der Waals surface area contributed by atoms with Crippen LogP contribution in [0.4, 0.5) is 0 Å². The van der Waals surface area contributed by atoms with Gasteiger partial charge in [-0.1, -0.05) is 37.3 Å². The van der Waals surface area contributed by atoms with E-state index in [2.05, 4.69) is 12.2 Å². The summed E-state index contributed by atoms with van der Waals surface area (Å²) >= 11 is 1.62. The third-order valence-electron chi connectivity index (χ3n) is 7.41. The molecule has 2 bridgehead atoms. The minimum atomic E-state index is -0.769. The summed E-state index contributed by atoms with van der Waals surface area (Å²) in [7, 11) is 0. The van der Waals surface area contributed by atoms with Crippen LogP contribution in [0.3, 0.4) is 0 Å². The summed E-state index contributed by atoms with van der Waals surface area (Å²) < 4.78 is 4.66. The Morgan fingerprint density at radius 3 is 2.56 bits per heavy atom. The van der Waals surface area contributed by atoms with E-state index in [0.717, 1.165) is 12.0 Å². The fraction of sp³-hybridized carbons (Fsp3) is 0.654. The van der Waals surface area contributed by atoms with Gasteiger partial charge in [-0.25, -0.2) is 0 Å². The van der Waals surface area contributed by atoms with Gasteiger partial charge in [0.2, 0.25) is 11.8 Å². The highest BCUT2D eigenvalue weighted by atomic mass is 32.2. The highest BCUT2D eigenvalue weighted by Crippen LogP contribution is 2.69. The second-order valence-electron chi connectivity index (χ2n) is 10.8. The van der Waals surface area contributed by atoms with Crippen LogP contribution in [0, 0.1) is 17.8 Å². The number of aliphatic hydroxyl groups excluding tert-OH is 1. The van der Waals surface area contributed by atoms with Crippen LogP contribution in [-0.2, 0) is 25.5 Å². The third kappa shape index (κ3) is 4.02. The summed E-state index contributed by atoms with van der Waals surface area (Å²) in [6.45, 7) is 9.58. The minimum absolute atomic E-state index is 0.0446. The number of fused-ring (bicyclic) bond motifs is 1. The van der Waals surface area contributed by atoms with Crippen molar-refractivity contribution in [1.82, 2.24) is 10.2 Å². The molecule has 0 radical (unpaired) electrons. The lowest BCUT2D eigenvalue weighted by Crippen LogP contribution is -2.61. The van der Waals surface area contributed by atoms with Crippen molar-refractivity contribution < 1.29 is 24.2 Å². The van der Waals surface area contributed by atoms with E-state index in [1.165, 1.54) is 0 Å². The van der Waals surface area contributed by atoms with Gasteiger partial charge in [0.25, 0.3) is 0 Å². The molecule has 0 saturated carbocycles. The number of benzene rings is 1. The Morgan fingerprint density at radius 2 is 1.97 bits per heavy atom. The molecule has 7 nitrogen and oxygen atoms in total. The van der Waals surface area contributed by atoms with Crippen LogP contribution >= 0.6 is 11.8 Å². The van der Waals surface area contributed by atoms with Gasteiger partial charge in [0.1, 0.15) is 6.04 Å². The Hall–Kier alpha value is -2.06. The van der Waals surface area contributed by atoms with Crippen molar-refractivity contribution in [3.05, 3.63) is 35.9 Å². The topological polar surface area (TPSA) is 95.9 Å². The first-order valence-corrected chi connectivity index (χ1v) is 13.1. The molecule has 0 aromatic heterocycles. The Bertz CT molecular complexity index is 948. The molecule has 1 aromatic rings. The smallest absolute Gasteiger partial charge is 0.310 e. The van der Waals surface area contributed by atoms with Gasteiger partial charge in [-0.15, -0.1) is 11.8 Å². The highest BCUT2D eigenvalue weighted by molar-refractivity contribution is 8.02. The van der Waals surface area contributed by atoms with Gasteiger partial charge in [-0.3, -0.25) is 14.4 Å². The van der Waals surface area contributed by atoms with E-state index < -0.39 is 34.2 Å². The number of hydrogen-bond donors (Lipinski definition) is 2. The zero-order valence-electron chi connectivity index (χ0n) is 20.6. The van der Waals surface area contributed by atoms with Crippen LogP contribution < -0.4 is 5.32 Å². The number of nitrogens with zero attached hydrogens (tertiary/aromatic N) is 1. The predicted octanol–water partition coefficient (Wildman–Crippen LogP) is 2.41. The van der Waals surface area contributed by atoms with E-state index in [0.29, 0.717) is 6.42 Å². The summed E-state index contributed by atoms with van der Waals surface area (Å²) in [5, 5.41) is 13.5. The summed E-state index contributed by atoms with van der Waals surface area (Å²) in [6, 6.07) is 8.33. The maximum Gasteiger partial charge on any atom is 0.310 e. The second kappa shape index (κ2) is 9.19. The highest BCUT2D eigenvalue weighted by Gasteiger charge is 2.76. The van der Waals surface area contributed by atoms with Crippen LogP contribution in [0.5, 0.6) is 0 Å². The average molecular weight is 489 g/mol. The van der Waals surface area contributed by atoms with Gasteiger partial charge >= 0.3 is 5.97 Å². The van der Waals surface area contributed by atoms with E-state index in [9.17, 15) is 19.5 Å². The van der Waals surface area contributed by atoms with Gasteiger partial charge in [-0.05, 0) is 52.0 Å². The maximum atomic E-state index is 14.1. The molecule has 1 aromatic carbocycles. The Labute approximate surface area is 206 Å². The van der Waals surface area contributed by atoms with Crippen molar-refractivity contribution in [2.45, 2.75) is 75.1 Å². The van der Waals surface area contributed by atoms with Crippen LogP contribution in [0.25, 0.3) is 0 Å². The number of nitrogens with one attached hydrogen (secondary N) is 1. The first-order chi connectivity index (χ1) is 16.0. The number of amides is 2. The second-order valence-corrected chi connectivity index (χ2v) is 12.4. The number of ether oxygens (including phenoxy) is 1. The molecule has 3 unspecified atom stereocenters. The number of aliphatic hydroxyl groups is 1. The van der Waals surface area contributed by atoms with Crippen molar-refractivity contribution in [1.29, 1.82) is 0 Å². The molecule has 2 N–H and O–H groups in total. The van der Waals surface area contributed by atoms with Gasteiger partial charge in [0.05, 0.1) is 35.8 Å². The molecule has 0 aliphatic carbocycles. The number of thioether (sulfide) groups is 1. The first-order valence-electron chi connectivity index (χ1n) is 12.2. The average Bonchev–Trinajstić information content (AvgIpc) is 3.35. The van der Waals surface area contributed by atoms with Crippen LogP contribution in [0.15, 0.2) is 30.3 Å². The Morgan fingerprint density at radius 1 is 1.29 bits per heavy atom. The standard InChI is InChI=1S/C26H36N2O5S/c1-6-33-24(32)19-18-12-15(2)26(34-18)20(19)23(31)28(21(26)22(30)27-25(3,4)5)17(14-29)13-16-10-8-7-9-11-16/h7-11,15,17-21,29H,6,12-14H2,1-5H3,(H,27,30)/t15?,17-,18-,19+,20+,21?,26?/m1/s1. The maximum absolute atomic E-state index is 14.1. The van der Waals surface area contributed by atoms with E-state index in [1.807, 2.05) is 51.1 Å². The summed E-state index contributed by atoms with van der Waals surface area (Å²) in [5.41, 5.74) is 0.491. The minimum Gasteiger partial charge on any atom is -0.466 e. The Kier molecular flexibility index (Phi) is 6.77. The number of esters is 1. The van der Waals surface area contributed by atoms with Gasteiger partial charge in [0, 0.05) is 10.8 Å². The predicted molar refractivity (Wildman–Crippen MR) is 131 cm³/mol. The molecule has 8 heteroatoms. The van der Waals surface area contributed by atoms with Crippen molar-refractivity contribution >= 4 is 29.5 Å². The largest absolute Gasteiger partial charge is 0.466 e. The van der Waals surface area contributed by atoms with Crippen LogP contribution in [0.2, 0.25) is 0 Å². The van der Waals surface area contributed by atoms with E-state index in [1.54, 1.807) is 23.6 Å². The van der Waals surface area contributed by atoms with E-state index in [4.69, 9.17) is 4.74 Å². The molecule has 3 aliphatic rings. The first kappa shape index (κ1) is 25.0. The monoisotopic (exact) mass is 488 g/mol. The summed E-state index contributed by atoms with van der Waals surface area (Å²) in [4.78, 5) is 42.6. The third-order valence-corrected chi connectivity index (χ3v) is 9.48. The van der Waals surface area contributed by atoms with Crippen LogP contribution in [-0.4, -0.2) is 68.6 Å². The molecule has 7 atom stereocenters. The Balaban J connectivity index is 1.79. The number of rotatable bonds is 7. The van der Waals surface area contributed by atoms with Crippen LogP contribution in [0.1, 0.15) is 46.6 Å². The quantitative estimate of drug-likeness (QED) is 0.573. The lowest BCUT2D eigenvalue weighted by Gasteiger charge is -2.41. The molecule has 3 aliphatic heterocycles. The van der Waals surface area contributed by atoms with Gasteiger partial charge < -0.3 is 20.1 Å². The zero-order valence-corrected chi connectivity index (χ0v) is 21.4. The number of carbonyl (C=O) groups is 3. The molecule has 3 saturated heterocycles. The molecular weight excluding hydrogens is 452 g/mol. The van der Waals surface area contributed by atoms with Crippen molar-refractivity contribution in [3.63, 3.8) is 0 Å². The molecule has 3 heterocycles. The zero-order chi connectivity index (χ0) is 24.8. The molecular formula is C26H36N2O5S. The number of carbonyl (C=O) groups excluding carboxylic acids is 3. The molecule has 3 fully saturated rings. The fourth-order valence-electron chi connectivity index (χ4n) is 6.23. The molecule has 2 amide bonds. The van der Waals surface area contributed by atoms with Gasteiger partial charge in [0.15, 0.2) is 0 Å². The lowest BCUT2D eigenvalue weighted by molar-refractivity contribution is -0.154. The van der Waals surface area contributed by atoms with E-state index >= 15 is 0 Å². The molecule has 34 heavy (non-hydrogen) atoms. The van der Waals surface area contributed by atoms with E-state index in [-0.39, 0.29) is 42.2 Å². The number of hydrogen-bond acceptors (Lipinski definition) is 6.